The van der Waals surface area contributed by atoms with Gasteiger partial charge in [0.25, 0.3) is 5.91 Å². The van der Waals surface area contributed by atoms with E-state index in [4.69, 9.17) is 5.11 Å². The van der Waals surface area contributed by atoms with Crippen LogP contribution in [0.3, 0.4) is 0 Å². The van der Waals surface area contributed by atoms with Crippen LogP contribution < -0.4 is 16.0 Å². The summed E-state index contributed by atoms with van der Waals surface area (Å²) in [6, 6.07) is 16.3. The third-order valence-electron chi connectivity index (χ3n) is 5.65. The molecule has 0 spiro atoms. The normalized spacial score (nSPS) is 11.3. The fourth-order valence-electron chi connectivity index (χ4n) is 4.04. The highest BCUT2D eigenvalue weighted by Crippen LogP contribution is 2.27. The van der Waals surface area contributed by atoms with Gasteiger partial charge in [0.2, 0.25) is 5.91 Å². The number of carbonyl (C=O) groups excluding carboxylic acids is 2. The zero-order valence-electron chi connectivity index (χ0n) is 21.2. The van der Waals surface area contributed by atoms with Crippen molar-refractivity contribution >= 4 is 46.0 Å². The Hall–Kier alpha value is -4.73. The van der Waals surface area contributed by atoms with E-state index in [-0.39, 0.29) is 35.1 Å². The highest BCUT2D eigenvalue weighted by atomic mass is 19.1. The van der Waals surface area contributed by atoms with Gasteiger partial charge < -0.3 is 20.3 Å². The van der Waals surface area contributed by atoms with Crippen LogP contribution in [-0.4, -0.2) is 32.6 Å². The van der Waals surface area contributed by atoms with E-state index < -0.39 is 17.8 Å². The van der Waals surface area contributed by atoms with Crippen LogP contribution in [0.5, 0.6) is 0 Å². The molecule has 3 amide bonds. The highest BCUT2D eigenvalue weighted by molar-refractivity contribution is 6.06. The predicted octanol–water partition coefficient (Wildman–Crippen LogP) is 5.94. The van der Waals surface area contributed by atoms with Gasteiger partial charge in [0, 0.05) is 28.6 Å². The van der Waals surface area contributed by atoms with Crippen LogP contribution in [0.2, 0.25) is 0 Å². The first-order valence-corrected chi connectivity index (χ1v) is 11.9. The highest BCUT2D eigenvalue weighted by Gasteiger charge is 2.20. The van der Waals surface area contributed by atoms with Crippen LogP contribution in [0.15, 0.2) is 66.9 Å². The van der Waals surface area contributed by atoms with Crippen molar-refractivity contribution in [2.75, 3.05) is 16.0 Å². The van der Waals surface area contributed by atoms with Crippen molar-refractivity contribution in [2.24, 2.45) is 5.41 Å². The summed E-state index contributed by atoms with van der Waals surface area (Å²) in [7, 11) is 0. The molecule has 4 aromatic rings. The maximum Gasteiger partial charge on any atom is 0.409 e. The van der Waals surface area contributed by atoms with Crippen molar-refractivity contribution in [3.63, 3.8) is 0 Å². The van der Waals surface area contributed by atoms with Crippen LogP contribution in [0.1, 0.15) is 43.2 Å². The summed E-state index contributed by atoms with van der Waals surface area (Å²) in [5.41, 5.74) is 2.02. The van der Waals surface area contributed by atoms with E-state index in [9.17, 15) is 18.8 Å². The minimum absolute atomic E-state index is 0.101. The molecule has 0 aliphatic carbocycles. The molecule has 4 N–H and O–H groups in total. The van der Waals surface area contributed by atoms with E-state index in [2.05, 4.69) is 20.9 Å². The third kappa shape index (κ3) is 6.52. The van der Waals surface area contributed by atoms with Gasteiger partial charge in [0.05, 0.1) is 18.4 Å². The van der Waals surface area contributed by atoms with E-state index in [0.29, 0.717) is 28.6 Å². The van der Waals surface area contributed by atoms with Crippen molar-refractivity contribution in [3.8, 4) is 0 Å². The van der Waals surface area contributed by atoms with Crippen molar-refractivity contribution in [1.82, 2.24) is 9.55 Å². The number of halogens is 1. The van der Waals surface area contributed by atoms with Gasteiger partial charge in [0.1, 0.15) is 17.3 Å². The Labute approximate surface area is 218 Å². The maximum atomic E-state index is 14.5. The van der Waals surface area contributed by atoms with Gasteiger partial charge in [-0.15, -0.1) is 0 Å². The van der Waals surface area contributed by atoms with Crippen LogP contribution in [-0.2, 0) is 11.3 Å². The average Bonchev–Trinajstić information content (AvgIpc) is 3.18. The zero-order chi connectivity index (χ0) is 27.4. The standard InChI is InChI=1S/C28H28FN5O4/c1-28(2,3)14-25(35)31-19-8-10-22-18(12-19)13-23(34(22)16-17-6-4-5-7-21(17)29)26(36)33-24-11-9-20(15-30-24)32-27(37)38/h4-13,15,32H,14,16H2,1-3H3,(H,31,35)(H,37,38)(H,30,33,36). The summed E-state index contributed by atoms with van der Waals surface area (Å²) in [4.78, 5) is 40.6. The van der Waals surface area contributed by atoms with E-state index in [1.54, 1.807) is 47.0 Å². The fraction of sp³-hybridized carbons (Fsp3) is 0.214. The lowest BCUT2D eigenvalue weighted by atomic mass is 9.92. The first kappa shape index (κ1) is 26.3. The van der Waals surface area contributed by atoms with Crippen molar-refractivity contribution < 1.29 is 23.9 Å². The molecule has 2 heterocycles. The zero-order valence-corrected chi connectivity index (χ0v) is 21.2. The second-order valence-electron chi connectivity index (χ2n) is 10.1. The molecule has 2 aromatic heterocycles. The first-order chi connectivity index (χ1) is 18.0. The Morgan fingerprint density at radius 2 is 1.68 bits per heavy atom. The van der Waals surface area contributed by atoms with Crippen molar-refractivity contribution in [2.45, 2.75) is 33.7 Å². The summed E-state index contributed by atoms with van der Waals surface area (Å²) in [5.74, 6) is -0.784. The molecule has 38 heavy (non-hydrogen) atoms. The Bertz CT molecular complexity index is 1510. The molecule has 0 saturated carbocycles. The Morgan fingerprint density at radius 1 is 0.947 bits per heavy atom. The number of pyridine rings is 1. The second-order valence-corrected chi connectivity index (χ2v) is 10.1. The fourth-order valence-corrected chi connectivity index (χ4v) is 4.04. The molecule has 196 valence electrons. The van der Waals surface area contributed by atoms with Gasteiger partial charge in [-0.2, -0.15) is 0 Å². The molecule has 0 bridgehead atoms. The Kier molecular flexibility index (Phi) is 7.43. The van der Waals surface area contributed by atoms with Gasteiger partial charge in [-0.25, -0.2) is 14.2 Å². The quantitative estimate of drug-likeness (QED) is 0.241. The lowest BCUT2D eigenvalue weighted by molar-refractivity contribution is -0.117. The summed E-state index contributed by atoms with van der Waals surface area (Å²) in [5, 5.41) is 17.3. The van der Waals surface area contributed by atoms with Crippen LogP contribution in [0.4, 0.5) is 26.4 Å². The first-order valence-electron chi connectivity index (χ1n) is 11.9. The van der Waals surface area contributed by atoms with Crippen LogP contribution in [0.25, 0.3) is 10.9 Å². The van der Waals surface area contributed by atoms with Crippen LogP contribution >= 0.6 is 0 Å². The molecule has 0 saturated heterocycles. The SMILES string of the molecule is CC(C)(C)CC(=O)Nc1ccc2c(c1)cc(C(=O)Nc1ccc(NC(=O)O)cn1)n2Cc1ccccc1F. The molecule has 0 aliphatic rings. The summed E-state index contributed by atoms with van der Waals surface area (Å²) in [6.07, 6.45) is 0.404. The number of anilines is 3. The molecule has 0 atom stereocenters. The Balaban J connectivity index is 1.67. The summed E-state index contributed by atoms with van der Waals surface area (Å²) >= 11 is 0. The number of hydrogen-bond donors (Lipinski definition) is 4. The topological polar surface area (TPSA) is 125 Å². The van der Waals surface area contributed by atoms with Gasteiger partial charge in [0.15, 0.2) is 0 Å². The number of nitrogens with zero attached hydrogens (tertiary/aromatic N) is 2. The maximum absolute atomic E-state index is 14.5. The lowest BCUT2D eigenvalue weighted by Gasteiger charge is -2.17. The predicted molar refractivity (Wildman–Crippen MR) is 144 cm³/mol. The molecule has 0 unspecified atom stereocenters. The molecule has 0 aliphatic heterocycles. The van der Waals surface area contributed by atoms with Crippen LogP contribution in [0, 0.1) is 11.2 Å². The molecular weight excluding hydrogens is 489 g/mol. The minimum Gasteiger partial charge on any atom is -0.465 e. The van der Waals surface area contributed by atoms with Crippen molar-refractivity contribution in [1.29, 1.82) is 0 Å². The minimum atomic E-state index is -1.23. The molecule has 10 heteroatoms. The number of fused-ring (bicyclic) bond motifs is 1. The largest absolute Gasteiger partial charge is 0.465 e. The molecule has 0 fully saturated rings. The smallest absolute Gasteiger partial charge is 0.409 e. The lowest BCUT2D eigenvalue weighted by Crippen LogP contribution is -2.19. The van der Waals surface area contributed by atoms with Gasteiger partial charge in [-0.3, -0.25) is 14.9 Å². The number of nitrogens with one attached hydrogen (secondary N) is 3. The number of benzene rings is 2. The number of carbonyl (C=O) groups is 3. The Morgan fingerprint density at radius 3 is 2.34 bits per heavy atom. The third-order valence-corrected chi connectivity index (χ3v) is 5.65. The van der Waals surface area contributed by atoms with Crippen molar-refractivity contribution in [3.05, 3.63) is 83.9 Å². The average molecular weight is 518 g/mol. The van der Waals surface area contributed by atoms with E-state index in [1.165, 1.54) is 24.4 Å². The van der Waals surface area contributed by atoms with E-state index in [1.807, 2.05) is 20.8 Å². The number of amides is 3. The van der Waals surface area contributed by atoms with Gasteiger partial charge >= 0.3 is 6.09 Å². The monoisotopic (exact) mass is 517 g/mol. The number of rotatable bonds is 7. The number of carboxylic acid groups (broad SMARTS) is 1. The van der Waals surface area contributed by atoms with Gasteiger partial charge in [-0.05, 0) is 47.9 Å². The molecular formula is C28H28FN5O4. The van der Waals surface area contributed by atoms with Gasteiger partial charge in [-0.1, -0.05) is 39.0 Å². The molecule has 4 rings (SSSR count). The molecule has 0 radical (unpaired) electrons. The number of aromatic nitrogens is 2. The summed E-state index contributed by atoms with van der Waals surface area (Å²) in [6.45, 7) is 6.04. The molecule has 2 aromatic carbocycles. The second kappa shape index (κ2) is 10.7. The number of hydrogen-bond acceptors (Lipinski definition) is 4. The molecule has 9 nitrogen and oxygen atoms in total. The van der Waals surface area contributed by atoms with E-state index in [0.717, 1.165) is 0 Å². The summed E-state index contributed by atoms with van der Waals surface area (Å²) < 4.78 is 16.2. The van der Waals surface area contributed by atoms with E-state index >= 15 is 0 Å².